The number of benzene rings is 2. The van der Waals surface area contributed by atoms with Gasteiger partial charge in [-0.2, -0.15) is 0 Å². The number of carbonyl (C=O) groups is 1. The van der Waals surface area contributed by atoms with Gasteiger partial charge in [0.2, 0.25) is 0 Å². The second kappa shape index (κ2) is 5.65. The first-order valence-corrected chi connectivity index (χ1v) is 6.44. The molecule has 0 fully saturated rings. The molecule has 0 aliphatic rings. The Labute approximate surface area is 118 Å². The van der Waals surface area contributed by atoms with E-state index in [-0.39, 0.29) is 17.3 Å². The Hall–Kier alpha value is -2.49. The molecule has 0 aliphatic heterocycles. The molecule has 20 heavy (non-hydrogen) atoms. The fraction of sp³-hybridized carbons (Fsp3) is 0.188. The number of carboxylic acids is 1. The van der Waals surface area contributed by atoms with Crippen molar-refractivity contribution in [1.82, 2.24) is 0 Å². The minimum absolute atomic E-state index is 0.0440. The van der Waals surface area contributed by atoms with Crippen molar-refractivity contribution in [2.45, 2.75) is 19.9 Å². The summed E-state index contributed by atoms with van der Waals surface area (Å²) in [4.78, 5) is 11.1. The van der Waals surface area contributed by atoms with Gasteiger partial charge >= 0.3 is 5.97 Å². The van der Waals surface area contributed by atoms with E-state index in [1.54, 1.807) is 12.1 Å². The maximum Gasteiger partial charge on any atom is 0.337 e. The molecule has 1 unspecified atom stereocenters. The molecule has 0 saturated heterocycles. The van der Waals surface area contributed by atoms with Crippen molar-refractivity contribution in [3.8, 4) is 0 Å². The Kier molecular flexibility index (Phi) is 3.94. The molecule has 0 heterocycles. The fourth-order valence-corrected chi connectivity index (χ4v) is 2.26. The molecular weight excluding hydrogens is 252 g/mol. The monoisotopic (exact) mass is 270 g/mol. The lowest BCUT2D eigenvalue weighted by molar-refractivity contribution is 0.0698. The van der Waals surface area contributed by atoms with Crippen LogP contribution in [0.3, 0.4) is 0 Å². The van der Waals surface area contributed by atoms with Crippen LogP contribution in [-0.4, -0.2) is 11.1 Å². The summed E-state index contributed by atoms with van der Waals surface area (Å²) in [5, 5.41) is 12.4. The predicted molar refractivity (Wildman–Crippen MR) is 81.0 cm³/mol. The van der Waals surface area contributed by atoms with Crippen LogP contribution in [0.5, 0.6) is 0 Å². The molecule has 2 aromatic carbocycles. The molecule has 2 aromatic rings. The van der Waals surface area contributed by atoms with E-state index in [9.17, 15) is 4.79 Å². The Morgan fingerprint density at radius 1 is 1.20 bits per heavy atom. The Bertz CT molecular complexity index is 638. The lowest BCUT2D eigenvalue weighted by Gasteiger charge is -2.19. The summed E-state index contributed by atoms with van der Waals surface area (Å²) in [6.45, 7) is 4.07. The van der Waals surface area contributed by atoms with E-state index in [1.165, 1.54) is 11.6 Å². The number of hydrogen-bond donors (Lipinski definition) is 3. The number of rotatable bonds is 4. The van der Waals surface area contributed by atoms with Crippen molar-refractivity contribution in [2.75, 3.05) is 11.1 Å². The van der Waals surface area contributed by atoms with E-state index < -0.39 is 5.97 Å². The third-order valence-corrected chi connectivity index (χ3v) is 3.36. The number of aromatic carboxylic acids is 1. The molecular formula is C16H18N2O2. The maximum absolute atomic E-state index is 11.1. The molecule has 0 saturated carbocycles. The molecule has 0 amide bonds. The molecule has 0 radical (unpaired) electrons. The van der Waals surface area contributed by atoms with Crippen LogP contribution in [0.15, 0.2) is 42.5 Å². The summed E-state index contributed by atoms with van der Waals surface area (Å²) in [5.41, 5.74) is 9.27. The van der Waals surface area contributed by atoms with Crippen molar-refractivity contribution in [1.29, 1.82) is 0 Å². The molecule has 104 valence electrons. The molecule has 4 nitrogen and oxygen atoms in total. The van der Waals surface area contributed by atoms with Crippen molar-refractivity contribution in [2.24, 2.45) is 0 Å². The quantitative estimate of drug-likeness (QED) is 0.744. The summed E-state index contributed by atoms with van der Waals surface area (Å²) in [7, 11) is 0. The molecule has 0 bridgehead atoms. The minimum Gasteiger partial charge on any atom is -0.478 e. The van der Waals surface area contributed by atoms with Gasteiger partial charge in [-0.3, -0.25) is 0 Å². The zero-order valence-electron chi connectivity index (χ0n) is 11.6. The van der Waals surface area contributed by atoms with Gasteiger partial charge in [0, 0.05) is 6.04 Å². The lowest BCUT2D eigenvalue weighted by atomic mass is 10.0. The summed E-state index contributed by atoms with van der Waals surface area (Å²) < 4.78 is 0. The highest BCUT2D eigenvalue weighted by Crippen LogP contribution is 2.28. The Balaban J connectivity index is 2.29. The van der Waals surface area contributed by atoms with Gasteiger partial charge in [-0.1, -0.05) is 30.3 Å². The highest BCUT2D eigenvalue weighted by Gasteiger charge is 2.14. The number of para-hydroxylation sites is 1. The van der Waals surface area contributed by atoms with E-state index in [0.29, 0.717) is 5.69 Å². The number of nitrogens with one attached hydrogen (secondary N) is 1. The number of nitrogens with two attached hydrogens (primary N) is 1. The van der Waals surface area contributed by atoms with Gasteiger partial charge in [0.05, 0.1) is 16.9 Å². The van der Waals surface area contributed by atoms with Crippen molar-refractivity contribution >= 4 is 17.3 Å². The van der Waals surface area contributed by atoms with Crippen LogP contribution in [0.25, 0.3) is 0 Å². The summed E-state index contributed by atoms with van der Waals surface area (Å²) in [6.07, 6.45) is 0. The lowest BCUT2D eigenvalue weighted by Crippen LogP contribution is -2.11. The third-order valence-electron chi connectivity index (χ3n) is 3.36. The molecule has 0 spiro atoms. The molecule has 2 rings (SSSR count). The second-order valence-corrected chi connectivity index (χ2v) is 4.79. The van der Waals surface area contributed by atoms with E-state index in [4.69, 9.17) is 10.8 Å². The first kappa shape index (κ1) is 13.9. The van der Waals surface area contributed by atoms with Gasteiger partial charge in [-0.15, -0.1) is 0 Å². The van der Waals surface area contributed by atoms with E-state index >= 15 is 0 Å². The van der Waals surface area contributed by atoms with Crippen molar-refractivity contribution in [3.05, 3.63) is 59.2 Å². The normalized spacial score (nSPS) is 11.9. The number of anilines is 2. The first-order chi connectivity index (χ1) is 9.50. The zero-order chi connectivity index (χ0) is 14.7. The first-order valence-electron chi connectivity index (χ1n) is 6.44. The van der Waals surface area contributed by atoms with Gasteiger partial charge in [-0.25, -0.2) is 4.79 Å². The number of aryl methyl sites for hydroxylation is 1. The average molecular weight is 270 g/mol. The van der Waals surface area contributed by atoms with Crippen molar-refractivity contribution < 1.29 is 9.90 Å². The standard InChI is InChI=1S/C16H18N2O2/c1-10-6-3-4-7-12(10)11(2)18-14-9-5-8-13(15(14)17)16(19)20/h3-9,11,18H,17H2,1-2H3,(H,19,20). The number of nitrogen functional groups attached to an aromatic ring is 1. The van der Waals surface area contributed by atoms with Crippen LogP contribution in [-0.2, 0) is 0 Å². The molecule has 0 aliphatic carbocycles. The summed E-state index contributed by atoms with van der Waals surface area (Å²) in [6, 6.07) is 13.1. The smallest absolute Gasteiger partial charge is 0.337 e. The van der Waals surface area contributed by atoms with Crippen LogP contribution in [0.4, 0.5) is 11.4 Å². The average Bonchev–Trinajstić information content (AvgIpc) is 2.41. The number of carboxylic acid groups (broad SMARTS) is 1. The fourth-order valence-electron chi connectivity index (χ4n) is 2.26. The Morgan fingerprint density at radius 3 is 2.55 bits per heavy atom. The topological polar surface area (TPSA) is 75.3 Å². The van der Waals surface area contributed by atoms with Crippen LogP contribution < -0.4 is 11.1 Å². The highest BCUT2D eigenvalue weighted by molar-refractivity contribution is 5.97. The molecule has 0 aromatic heterocycles. The minimum atomic E-state index is -1.02. The molecule has 4 N–H and O–H groups in total. The number of hydrogen-bond acceptors (Lipinski definition) is 3. The summed E-state index contributed by atoms with van der Waals surface area (Å²) in [5.74, 6) is -1.02. The second-order valence-electron chi connectivity index (χ2n) is 4.79. The van der Waals surface area contributed by atoms with Crippen LogP contribution >= 0.6 is 0 Å². The maximum atomic E-state index is 11.1. The molecule has 4 heteroatoms. The SMILES string of the molecule is Cc1ccccc1C(C)Nc1cccc(C(=O)O)c1N. The third kappa shape index (κ3) is 2.74. The van der Waals surface area contributed by atoms with Crippen LogP contribution in [0.2, 0.25) is 0 Å². The van der Waals surface area contributed by atoms with Gasteiger partial charge in [-0.05, 0) is 37.1 Å². The van der Waals surface area contributed by atoms with Crippen molar-refractivity contribution in [3.63, 3.8) is 0 Å². The largest absolute Gasteiger partial charge is 0.478 e. The van der Waals surface area contributed by atoms with Gasteiger partial charge in [0.25, 0.3) is 0 Å². The Morgan fingerprint density at radius 2 is 1.90 bits per heavy atom. The van der Waals surface area contributed by atoms with Gasteiger partial charge < -0.3 is 16.2 Å². The van der Waals surface area contributed by atoms with Crippen LogP contribution in [0, 0.1) is 6.92 Å². The van der Waals surface area contributed by atoms with Gasteiger partial charge in [0.1, 0.15) is 0 Å². The summed E-state index contributed by atoms with van der Waals surface area (Å²) >= 11 is 0. The van der Waals surface area contributed by atoms with E-state index in [2.05, 4.69) is 5.32 Å². The van der Waals surface area contributed by atoms with E-state index in [0.717, 1.165) is 5.56 Å². The highest BCUT2D eigenvalue weighted by atomic mass is 16.4. The predicted octanol–water partition coefficient (Wildman–Crippen LogP) is 3.45. The van der Waals surface area contributed by atoms with Gasteiger partial charge in [0.15, 0.2) is 0 Å². The zero-order valence-corrected chi connectivity index (χ0v) is 11.6. The van der Waals surface area contributed by atoms with E-state index in [1.807, 2.05) is 38.1 Å². The molecule has 1 atom stereocenters. The van der Waals surface area contributed by atoms with Crippen LogP contribution in [0.1, 0.15) is 34.5 Å².